The van der Waals surface area contributed by atoms with Crippen LogP contribution < -0.4 is 0 Å². The number of hydrogen-bond acceptors (Lipinski definition) is 0. The first kappa shape index (κ1) is 29.1. The van der Waals surface area contributed by atoms with Crippen LogP contribution in [0.2, 0.25) is 0 Å². The maximum Gasteiger partial charge on any atom is 2.00 e. The van der Waals surface area contributed by atoms with Crippen molar-refractivity contribution in [1.29, 1.82) is 0 Å². The molecular formula is C25H47NRu. The van der Waals surface area contributed by atoms with Crippen LogP contribution in [0.5, 0.6) is 0 Å². The van der Waals surface area contributed by atoms with Gasteiger partial charge in [-0.25, -0.2) is 0 Å². The molecule has 0 bridgehead atoms. The first-order valence-electron chi connectivity index (χ1n) is 11.5. The Balaban J connectivity index is 0. The summed E-state index contributed by atoms with van der Waals surface area (Å²) in [6, 6.07) is 2.58. The third-order valence-corrected chi connectivity index (χ3v) is 5.06. The normalized spacial score (nSPS) is 10.5. The summed E-state index contributed by atoms with van der Waals surface area (Å²) < 4.78 is 0. The van der Waals surface area contributed by atoms with Gasteiger partial charge in [0.1, 0.15) is 0 Å². The monoisotopic (exact) mass is 463 g/mol. The summed E-state index contributed by atoms with van der Waals surface area (Å²) in [5, 5.41) is 0. The van der Waals surface area contributed by atoms with Crippen molar-refractivity contribution >= 4 is 0 Å². The van der Waals surface area contributed by atoms with E-state index in [4.69, 9.17) is 5.73 Å². The van der Waals surface area contributed by atoms with Crippen LogP contribution >= 0.6 is 0 Å². The molecule has 2 heteroatoms. The molecule has 0 heterocycles. The molecule has 0 radical (unpaired) electrons. The van der Waals surface area contributed by atoms with Crippen molar-refractivity contribution in [3.05, 3.63) is 34.1 Å². The smallest absolute Gasteiger partial charge is 0.677 e. The summed E-state index contributed by atoms with van der Waals surface area (Å²) in [4.78, 5) is 0. The van der Waals surface area contributed by atoms with Gasteiger partial charge in [0.05, 0.1) is 0 Å². The quantitative estimate of drug-likeness (QED) is 0.207. The fraction of sp³-hybridized carbons (Fsp3) is 0.800. The Kier molecular flexibility index (Phi) is 20.8. The predicted octanol–water partition coefficient (Wildman–Crippen LogP) is 8.47. The van der Waals surface area contributed by atoms with Crippen LogP contribution in [0.1, 0.15) is 115 Å². The van der Waals surface area contributed by atoms with Gasteiger partial charge in [-0.2, -0.15) is 28.3 Å². The number of rotatable bonds is 13. The molecule has 1 nitrogen and oxygen atoms in total. The minimum atomic E-state index is 0. The zero-order valence-electron chi connectivity index (χ0n) is 19.2. The van der Waals surface area contributed by atoms with Gasteiger partial charge in [0.2, 0.25) is 0 Å². The third kappa shape index (κ3) is 12.9. The number of nitrogens with one attached hydrogen (secondary N) is 1. The zero-order valence-corrected chi connectivity index (χ0v) is 20.9. The minimum absolute atomic E-state index is 0. The van der Waals surface area contributed by atoms with Crippen LogP contribution in [0.4, 0.5) is 0 Å². The van der Waals surface area contributed by atoms with Crippen molar-refractivity contribution < 1.29 is 19.5 Å². The molecule has 0 atom stereocenters. The van der Waals surface area contributed by atoms with Gasteiger partial charge in [0, 0.05) is 0 Å². The van der Waals surface area contributed by atoms with Crippen LogP contribution in [0.25, 0.3) is 5.73 Å². The fourth-order valence-corrected chi connectivity index (χ4v) is 3.28. The molecule has 1 rings (SSSR count). The molecule has 160 valence electrons. The van der Waals surface area contributed by atoms with Crippen molar-refractivity contribution in [2.45, 2.75) is 119 Å². The molecule has 1 aromatic rings. The molecule has 0 saturated heterocycles. The van der Waals surface area contributed by atoms with E-state index >= 15 is 0 Å². The number of hydrogen-bond donors (Lipinski definition) is 0. The topological polar surface area (TPSA) is 23.8 Å². The molecule has 0 spiro atoms. The molecule has 0 saturated carbocycles. The Morgan fingerprint density at radius 2 is 0.963 bits per heavy atom. The summed E-state index contributed by atoms with van der Waals surface area (Å²) in [7, 11) is 0. The Morgan fingerprint density at radius 1 is 0.667 bits per heavy atom. The Bertz CT molecular complexity index is 399. The first-order chi connectivity index (χ1) is 12.5. The molecule has 0 fully saturated rings. The molecule has 0 aliphatic rings. The number of aryl methyl sites for hydroxylation is 2. The van der Waals surface area contributed by atoms with Crippen molar-refractivity contribution in [1.82, 2.24) is 0 Å². The van der Waals surface area contributed by atoms with Gasteiger partial charge in [-0.1, -0.05) is 125 Å². The van der Waals surface area contributed by atoms with Crippen LogP contribution in [0.3, 0.4) is 0 Å². The third-order valence-electron chi connectivity index (χ3n) is 5.06. The zero-order chi connectivity index (χ0) is 19.8. The fourth-order valence-electron chi connectivity index (χ4n) is 3.28. The van der Waals surface area contributed by atoms with E-state index in [0.29, 0.717) is 12.5 Å². The van der Waals surface area contributed by atoms with E-state index in [-0.39, 0.29) is 19.5 Å². The summed E-state index contributed by atoms with van der Waals surface area (Å²) >= 11 is 0. The van der Waals surface area contributed by atoms with Crippen LogP contribution in [0.15, 0.2) is 6.07 Å². The van der Waals surface area contributed by atoms with E-state index in [1.54, 1.807) is 22.3 Å². The van der Waals surface area contributed by atoms with Gasteiger partial charge in [-0.3, -0.25) is 0 Å². The second-order valence-electron chi connectivity index (χ2n) is 8.16. The second kappa shape index (κ2) is 19.3. The SMILES string of the molecule is CC(C)C[NH-].CCCCc1[cH-]c(CCCC)c(CCCC)c1CCCC.[Ru+2]. The van der Waals surface area contributed by atoms with Gasteiger partial charge in [-0.15, -0.1) is 6.54 Å². The van der Waals surface area contributed by atoms with Gasteiger partial charge in [-0.05, 0) is 0 Å². The Morgan fingerprint density at radius 3 is 1.22 bits per heavy atom. The maximum absolute atomic E-state index is 6.66. The van der Waals surface area contributed by atoms with Crippen molar-refractivity contribution in [2.75, 3.05) is 6.54 Å². The van der Waals surface area contributed by atoms with Gasteiger partial charge >= 0.3 is 19.5 Å². The van der Waals surface area contributed by atoms with Gasteiger partial charge < -0.3 is 5.73 Å². The number of unbranched alkanes of at least 4 members (excludes halogenated alkanes) is 4. The van der Waals surface area contributed by atoms with Crippen molar-refractivity contribution in [3.8, 4) is 0 Å². The average Bonchev–Trinajstić information content (AvgIpc) is 2.97. The summed E-state index contributed by atoms with van der Waals surface area (Å²) in [6.45, 7) is 13.9. The second-order valence-corrected chi connectivity index (χ2v) is 8.16. The Hall–Kier alpha value is -0.0666. The molecule has 1 N–H and O–H groups in total. The summed E-state index contributed by atoms with van der Waals surface area (Å²) in [5.41, 5.74) is 13.6. The molecular weight excluding hydrogens is 415 g/mol. The van der Waals surface area contributed by atoms with E-state index in [2.05, 4.69) is 33.8 Å². The Labute approximate surface area is 184 Å². The van der Waals surface area contributed by atoms with E-state index in [9.17, 15) is 0 Å². The average molecular weight is 463 g/mol. The van der Waals surface area contributed by atoms with E-state index in [1.807, 2.05) is 13.8 Å². The van der Waals surface area contributed by atoms with Gasteiger partial charge in [0.15, 0.2) is 0 Å². The summed E-state index contributed by atoms with van der Waals surface area (Å²) in [6.07, 6.45) is 15.9. The van der Waals surface area contributed by atoms with Gasteiger partial charge in [0.25, 0.3) is 0 Å². The van der Waals surface area contributed by atoms with Crippen LogP contribution in [-0.4, -0.2) is 6.54 Å². The molecule has 0 aliphatic carbocycles. The van der Waals surface area contributed by atoms with Crippen molar-refractivity contribution in [2.24, 2.45) is 5.92 Å². The van der Waals surface area contributed by atoms with Crippen LogP contribution in [-0.2, 0) is 45.2 Å². The largest absolute Gasteiger partial charge is 2.00 e. The van der Waals surface area contributed by atoms with E-state index < -0.39 is 0 Å². The maximum atomic E-state index is 6.66. The molecule has 0 amide bonds. The molecule has 0 aliphatic heterocycles. The predicted molar refractivity (Wildman–Crippen MR) is 121 cm³/mol. The standard InChI is InChI=1S/C21H37.C4H10N.Ru/c1-5-9-13-18-17-19(14-10-6-2)21(16-12-8-4)20(18)15-11-7-3;1-4(2)3-5;/h17H,5-16H2,1-4H3;4-5H,3H2,1-2H3;/q2*-1;+2. The minimum Gasteiger partial charge on any atom is -0.677 e. The van der Waals surface area contributed by atoms with Crippen molar-refractivity contribution in [3.63, 3.8) is 0 Å². The molecule has 1 aromatic carbocycles. The molecule has 0 unspecified atom stereocenters. The molecule has 0 aromatic heterocycles. The summed E-state index contributed by atoms with van der Waals surface area (Å²) in [5.74, 6) is 0.551. The van der Waals surface area contributed by atoms with E-state index in [0.717, 1.165) is 0 Å². The molecule has 27 heavy (non-hydrogen) atoms. The van der Waals surface area contributed by atoms with Crippen LogP contribution in [0, 0.1) is 5.92 Å². The first-order valence-corrected chi connectivity index (χ1v) is 11.5. The van der Waals surface area contributed by atoms with E-state index in [1.165, 1.54) is 77.0 Å².